The molecule has 0 aliphatic heterocycles. The first-order valence-corrected chi connectivity index (χ1v) is 16.4. The molecule has 0 fully saturated rings. The number of benzene rings is 2. The normalized spacial score (nSPS) is 13.3. The van der Waals surface area contributed by atoms with Gasteiger partial charge in [-0.3, -0.25) is 19.2 Å². The fourth-order valence-corrected chi connectivity index (χ4v) is 4.77. The van der Waals surface area contributed by atoms with Gasteiger partial charge < -0.3 is 30.0 Å². The number of carbonyl (C=O) groups excluding carboxylic acids is 5. The number of ether oxygens (including phenoxy) is 3. The van der Waals surface area contributed by atoms with Crippen LogP contribution in [-0.4, -0.2) is 64.1 Å². The molecular formula is C37H50N2O10. The molecule has 49 heavy (non-hydrogen) atoms. The summed E-state index contributed by atoms with van der Waals surface area (Å²) in [6.45, 7) is 10.0. The predicted octanol–water partition coefficient (Wildman–Crippen LogP) is 5.94. The van der Waals surface area contributed by atoms with Crippen LogP contribution in [0.3, 0.4) is 0 Å². The van der Waals surface area contributed by atoms with Gasteiger partial charge in [0.25, 0.3) is 0 Å². The van der Waals surface area contributed by atoms with Crippen molar-refractivity contribution in [3.8, 4) is 0 Å². The van der Waals surface area contributed by atoms with Crippen molar-refractivity contribution in [1.29, 1.82) is 0 Å². The van der Waals surface area contributed by atoms with Crippen molar-refractivity contribution >= 4 is 35.7 Å². The number of carboxylic acid groups (broad SMARTS) is 1. The number of carbonyl (C=O) groups is 6. The van der Waals surface area contributed by atoms with Crippen LogP contribution in [0.15, 0.2) is 60.7 Å². The Hall–Kier alpha value is -4.74. The van der Waals surface area contributed by atoms with Crippen LogP contribution in [0.4, 0.5) is 9.59 Å². The van der Waals surface area contributed by atoms with E-state index >= 15 is 0 Å². The van der Waals surface area contributed by atoms with E-state index in [1.165, 1.54) is 0 Å². The van der Waals surface area contributed by atoms with E-state index in [4.69, 9.17) is 14.2 Å². The third-order valence-electron chi connectivity index (χ3n) is 7.06. The summed E-state index contributed by atoms with van der Waals surface area (Å²) in [5, 5.41) is 14.9. The molecule has 0 heterocycles. The van der Waals surface area contributed by atoms with Crippen molar-refractivity contribution in [1.82, 2.24) is 10.6 Å². The van der Waals surface area contributed by atoms with Crippen LogP contribution < -0.4 is 10.6 Å². The molecule has 3 atom stereocenters. The number of hydrogen-bond acceptors (Lipinski definition) is 9. The van der Waals surface area contributed by atoms with E-state index in [0.29, 0.717) is 0 Å². The van der Waals surface area contributed by atoms with Gasteiger partial charge in [-0.05, 0) is 71.9 Å². The first kappa shape index (κ1) is 40.4. The highest BCUT2D eigenvalue weighted by molar-refractivity contribution is 5.91. The van der Waals surface area contributed by atoms with E-state index in [1.54, 1.807) is 90.1 Å². The van der Waals surface area contributed by atoms with Gasteiger partial charge in [0.1, 0.15) is 23.9 Å². The summed E-state index contributed by atoms with van der Waals surface area (Å²) in [5.74, 6) is -3.76. The Balaban J connectivity index is 2.07. The topological polar surface area (TPSA) is 174 Å². The SMILES string of the molecule is CC(C)(C)OC(=O)N[C@@H](CCCCC(=O)[C@H](CC(=O)OCc1ccccc1)NC(=O)OC(C)(C)C)C(=O)C[C@H](Cc1ccccc1)C(=O)O. The van der Waals surface area contributed by atoms with Crippen LogP contribution in [0.2, 0.25) is 0 Å². The molecule has 2 amide bonds. The van der Waals surface area contributed by atoms with Crippen LogP contribution in [0.25, 0.3) is 0 Å². The number of hydrogen-bond donors (Lipinski definition) is 3. The lowest BCUT2D eigenvalue weighted by atomic mass is 9.90. The van der Waals surface area contributed by atoms with Gasteiger partial charge in [-0.2, -0.15) is 0 Å². The minimum atomic E-state index is -1.22. The molecule has 0 radical (unpaired) electrons. The lowest BCUT2D eigenvalue weighted by Gasteiger charge is -2.24. The minimum absolute atomic E-state index is 0.00116. The molecule has 3 N–H and O–H groups in total. The lowest BCUT2D eigenvalue weighted by molar-refractivity contribution is -0.147. The summed E-state index contributed by atoms with van der Waals surface area (Å²) in [6, 6.07) is 15.7. The van der Waals surface area contributed by atoms with Gasteiger partial charge in [0.15, 0.2) is 11.6 Å². The molecule has 0 unspecified atom stereocenters. The molecule has 0 aliphatic carbocycles. The number of unbranched alkanes of at least 4 members (excludes halogenated alkanes) is 1. The van der Waals surface area contributed by atoms with E-state index < -0.39 is 71.3 Å². The third-order valence-corrected chi connectivity index (χ3v) is 7.06. The van der Waals surface area contributed by atoms with Crippen molar-refractivity contribution in [2.75, 3.05) is 0 Å². The number of carboxylic acids is 1. The van der Waals surface area contributed by atoms with Gasteiger partial charge in [0.2, 0.25) is 0 Å². The molecule has 0 saturated carbocycles. The van der Waals surface area contributed by atoms with Gasteiger partial charge in [-0.25, -0.2) is 9.59 Å². The third kappa shape index (κ3) is 17.3. The van der Waals surface area contributed by atoms with E-state index in [0.717, 1.165) is 11.1 Å². The standard InChI is InChI=1S/C37H50N2O10/c1-36(2,3)48-34(45)38-28(31(41)22-27(33(43)44)21-25-15-9-7-10-16-25)19-13-14-20-30(40)29(39-35(46)49-37(4,5)6)23-32(42)47-24-26-17-11-8-12-18-26/h7-12,15-18,27-29H,13-14,19-24H2,1-6H3,(H,38,45)(H,39,46)(H,43,44)/t27-,28-,29-/m0/s1. The highest BCUT2D eigenvalue weighted by Gasteiger charge is 2.30. The van der Waals surface area contributed by atoms with Crippen molar-refractivity contribution in [2.45, 2.75) is 116 Å². The molecule has 2 rings (SSSR count). The van der Waals surface area contributed by atoms with Crippen LogP contribution in [0, 0.1) is 5.92 Å². The number of alkyl carbamates (subject to hydrolysis) is 2. The number of ketones is 2. The number of Topliss-reactive ketones (excluding diaryl/α,β-unsaturated/α-hetero) is 2. The summed E-state index contributed by atoms with van der Waals surface area (Å²) >= 11 is 0. The zero-order valence-electron chi connectivity index (χ0n) is 29.3. The van der Waals surface area contributed by atoms with Gasteiger partial charge >= 0.3 is 24.1 Å². The molecule has 0 aliphatic rings. The molecule has 12 nitrogen and oxygen atoms in total. The average Bonchev–Trinajstić information content (AvgIpc) is 2.99. The van der Waals surface area contributed by atoms with Gasteiger partial charge in [0.05, 0.1) is 18.4 Å². The molecule has 2 aromatic carbocycles. The predicted molar refractivity (Wildman–Crippen MR) is 182 cm³/mol. The Bertz CT molecular complexity index is 1400. The number of nitrogens with one attached hydrogen (secondary N) is 2. The number of amides is 2. The molecule has 12 heteroatoms. The number of aliphatic carboxylic acids is 1. The maximum atomic E-state index is 13.4. The van der Waals surface area contributed by atoms with Crippen LogP contribution in [0.5, 0.6) is 0 Å². The highest BCUT2D eigenvalue weighted by Crippen LogP contribution is 2.18. The second kappa shape index (κ2) is 19.3. The zero-order chi connectivity index (χ0) is 36.6. The summed E-state index contributed by atoms with van der Waals surface area (Å²) in [5.41, 5.74) is -0.150. The van der Waals surface area contributed by atoms with E-state index in [1.807, 2.05) is 12.1 Å². The number of rotatable bonds is 18. The first-order valence-electron chi connectivity index (χ1n) is 16.4. The molecule has 0 saturated heterocycles. The number of esters is 1. The van der Waals surface area contributed by atoms with Crippen LogP contribution in [0.1, 0.15) is 91.2 Å². The Morgan fingerprint density at radius 2 is 1.18 bits per heavy atom. The second-order valence-corrected chi connectivity index (χ2v) is 13.9. The molecule has 0 aromatic heterocycles. The molecule has 0 bridgehead atoms. The van der Waals surface area contributed by atoms with Crippen molar-refractivity contribution < 1.29 is 48.1 Å². The summed E-state index contributed by atoms with van der Waals surface area (Å²) in [6.07, 6.45) is -1.72. The lowest BCUT2D eigenvalue weighted by Crippen LogP contribution is -2.45. The molecule has 268 valence electrons. The fourth-order valence-electron chi connectivity index (χ4n) is 4.77. The van der Waals surface area contributed by atoms with Crippen LogP contribution >= 0.6 is 0 Å². The zero-order valence-corrected chi connectivity index (χ0v) is 29.3. The minimum Gasteiger partial charge on any atom is -0.481 e. The fraction of sp³-hybridized carbons (Fsp3) is 0.514. The summed E-state index contributed by atoms with van der Waals surface area (Å²) < 4.78 is 15.9. The quantitative estimate of drug-likeness (QED) is 0.0970. The Labute approximate surface area is 288 Å². The van der Waals surface area contributed by atoms with Crippen molar-refractivity contribution in [3.63, 3.8) is 0 Å². The van der Waals surface area contributed by atoms with Gasteiger partial charge in [-0.1, -0.05) is 67.1 Å². The summed E-state index contributed by atoms with van der Waals surface area (Å²) in [7, 11) is 0. The van der Waals surface area contributed by atoms with Gasteiger partial charge in [-0.15, -0.1) is 0 Å². The van der Waals surface area contributed by atoms with E-state index in [9.17, 15) is 33.9 Å². The maximum absolute atomic E-state index is 13.4. The summed E-state index contributed by atoms with van der Waals surface area (Å²) in [4.78, 5) is 76.5. The smallest absolute Gasteiger partial charge is 0.408 e. The van der Waals surface area contributed by atoms with Crippen molar-refractivity contribution in [3.05, 3.63) is 71.8 Å². The molecule has 0 spiro atoms. The molecular weight excluding hydrogens is 632 g/mol. The van der Waals surface area contributed by atoms with E-state index in [-0.39, 0.29) is 45.1 Å². The van der Waals surface area contributed by atoms with Gasteiger partial charge in [0, 0.05) is 12.8 Å². The highest BCUT2D eigenvalue weighted by atomic mass is 16.6. The Kier molecular flexibility index (Phi) is 15.9. The maximum Gasteiger partial charge on any atom is 0.408 e. The largest absolute Gasteiger partial charge is 0.481 e. The van der Waals surface area contributed by atoms with E-state index in [2.05, 4.69) is 10.6 Å². The second-order valence-electron chi connectivity index (χ2n) is 13.9. The molecule has 2 aromatic rings. The first-order chi connectivity index (χ1) is 22.9. The van der Waals surface area contributed by atoms with Crippen molar-refractivity contribution in [2.24, 2.45) is 5.92 Å². The van der Waals surface area contributed by atoms with Crippen LogP contribution in [-0.2, 0) is 46.4 Å². The monoisotopic (exact) mass is 682 g/mol. The average molecular weight is 683 g/mol. The Morgan fingerprint density at radius 1 is 0.673 bits per heavy atom. The Morgan fingerprint density at radius 3 is 1.69 bits per heavy atom.